The molecular formula is C10H11N2O3S+. The number of hydrogen-bond donors (Lipinski definition) is 3. The smallest absolute Gasteiger partial charge is 0.225 e. The first-order chi connectivity index (χ1) is 7.54. The van der Waals surface area contributed by atoms with Gasteiger partial charge in [-0.25, -0.2) is 18.8 Å². The molecule has 2 aromatic carbocycles. The number of rotatable bonds is 2. The van der Waals surface area contributed by atoms with Gasteiger partial charge in [0.1, 0.15) is 0 Å². The van der Waals surface area contributed by atoms with Gasteiger partial charge in [-0.2, -0.15) is 5.48 Å². The average Bonchev–Trinajstić information content (AvgIpc) is 2.26. The Bertz CT molecular complexity index is 638. The molecule has 84 valence electrons. The lowest BCUT2D eigenvalue weighted by Gasteiger charge is -2.05. The number of sulfonamides is 1. The van der Waals surface area contributed by atoms with Gasteiger partial charge in [0, 0.05) is 16.8 Å². The van der Waals surface area contributed by atoms with E-state index in [1.807, 2.05) is 0 Å². The molecule has 0 saturated carbocycles. The number of hydrogen-bond acceptors (Lipinski definition) is 3. The Balaban J connectivity index is 2.90. The van der Waals surface area contributed by atoms with Crippen LogP contribution in [0.5, 0.6) is 0 Å². The number of benzene rings is 2. The van der Waals surface area contributed by atoms with Crippen molar-refractivity contribution >= 4 is 26.5 Å². The predicted octanol–water partition coefficient (Wildman–Crippen LogP) is 0.0713. The van der Waals surface area contributed by atoms with E-state index in [1.54, 1.807) is 30.3 Å². The van der Waals surface area contributed by atoms with Crippen LogP contribution in [0.15, 0.2) is 41.3 Å². The molecule has 0 unspecified atom stereocenters. The maximum absolute atomic E-state index is 11.4. The third-order valence-corrected chi connectivity index (χ3v) is 3.33. The van der Waals surface area contributed by atoms with E-state index in [0.29, 0.717) is 16.5 Å². The first-order valence-electron chi connectivity index (χ1n) is 4.56. The van der Waals surface area contributed by atoms with Gasteiger partial charge in [0.2, 0.25) is 10.0 Å². The van der Waals surface area contributed by atoms with E-state index in [2.05, 4.69) is 0 Å². The Morgan fingerprint density at radius 2 is 1.69 bits per heavy atom. The van der Waals surface area contributed by atoms with Gasteiger partial charge in [0.05, 0.1) is 4.90 Å². The van der Waals surface area contributed by atoms with Crippen LogP contribution in [0.25, 0.3) is 10.8 Å². The zero-order valence-corrected chi connectivity index (χ0v) is 9.11. The number of nitrogens with two attached hydrogens (primary N) is 2. The molecule has 0 aliphatic heterocycles. The van der Waals surface area contributed by atoms with Gasteiger partial charge in [0.15, 0.2) is 5.69 Å². The van der Waals surface area contributed by atoms with Crippen molar-refractivity contribution in [1.82, 2.24) is 0 Å². The summed E-state index contributed by atoms with van der Waals surface area (Å²) in [5, 5.41) is 15.3. The summed E-state index contributed by atoms with van der Waals surface area (Å²) in [7, 11) is -3.75. The first-order valence-corrected chi connectivity index (χ1v) is 6.10. The van der Waals surface area contributed by atoms with Gasteiger partial charge in [-0.15, -0.1) is 0 Å². The van der Waals surface area contributed by atoms with Crippen LogP contribution in [0, 0.1) is 0 Å². The molecule has 5 N–H and O–H groups in total. The summed E-state index contributed by atoms with van der Waals surface area (Å²) >= 11 is 0. The van der Waals surface area contributed by atoms with E-state index in [9.17, 15) is 8.42 Å². The molecule has 0 aromatic heterocycles. The molecule has 0 bridgehead atoms. The third kappa shape index (κ3) is 1.79. The summed E-state index contributed by atoms with van der Waals surface area (Å²) in [5.41, 5.74) is 1.50. The largest absolute Gasteiger partial charge is 0.238 e. The van der Waals surface area contributed by atoms with E-state index >= 15 is 0 Å². The number of quaternary nitrogens is 1. The maximum atomic E-state index is 11.4. The van der Waals surface area contributed by atoms with Gasteiger partial charge in [-0.05, 0) is 12.1 Å². The van der Waals surface area contributed by atoms with E-state index in [-0.39, 0.29) is 4.90 Å². The fourth-order valence-corrected chi connectivity index (χ4v) is 2.42. The highest BCUT2D eigenvalue weighted by molar-refractivity contribution is 7.89. The van der Waals surface area contributed by atoms with Crippen molar-refractivity contribution in [3.63, 3.8) is 0 Å². The lowest BCUT2D eigenvalue weighted by Crippen LogP contribution is -2.73. The number of fused-ring (bicyclic) bond motifs is 1. The van der Waals surface area contributed by atoms with Crippen molar-refractivity contribution < 1.29 is 19.1 Å². The molecule has 0 atom stereocenters. The van der Waals surface area contributed by atoms with Crippen LogP contribution in [-0.4, -0.2) is 13.6 Å². The Morgan fingerprint density at radius 3 is 2.31 bits per heavy atom. The van der Waals surface area contributed by atoms with Crippen LogP contribution in [0.2, 0.25) is 0 Å². The minimum atomic E-state index is -3.75. The lowest BCUT2D eigenvalue weighted by molar-refractivity contribution is -0.824. The third-order valence-electron chi connectivity index (χ3n) is 2.36. The minimum Gasteiger partial charge on any atom is -0.225 e. The van der Waals surface area contributed by atoms with Gasteiger partial charge in [-0.1, -0.05) is 18.2 Å². The summed E-state index contributed by atoms with van der Waals surface area (Å²) in [6.45, 7) is 0. The highest BCUT2D eigenvalue weighted by Crippen LogP contribution is 2.25. The first kappa shape index (κ1) is 11.0. The normalized spacial score (nSPS) is 11.9. The van der Waals surface area contributed by atoms with Crippen molar-refractivity contribution in [3.05, 3.63) is 36.4 Å². The molecule has 16 heavy (non-hydrogen) atoms. The quantitative estimate of drug-likeness (QED) is 0.511. The molecule has 0 heterocycles. The summed E-state index contributed by atoms with van der Waals surface area (Å²) in [5.74, 6) is 0. The van der Waals surface area contributed by atoms with Gasteiger partial charge in [0.25, 0.3) is 0 Å². The second-order valence-corrected chi connectivity index (χ2v) is 4.90. The van der Waals surface area contributed by atoms with Crippen LogP contribution in [0.3, 0.4) is 0 Å². The second kappa shape index (κ2) is 3.84. The van der Waals surface area contributed by atoms with Crippen molar-refractivity contribution in [1.29, 1.82) is 0 Å². The Labute approximate surface area is 92.5 Å². The average molecular weight is 239 g/mol. The van der Waals surface area contributed by atoms with E-state index in [4.69, 9.17) is 10.3 Å². The molecule has 0 amide bonds. The maximum Gasteiger partial charge on any atom is 0.238 e. The fraction of sp³-hybridized carbons (Fsp3) is 0. The van der Waals surface area contributed by atoms with Crippen molar-refractivity contribution in [2.24, 2.45) is 5.14 Å². The Morgan fingerprint density at radius 1 is 1.06 bits per heavy atom. The summed E-state index contributed by atoms with van der Waals surface area (Å²) in [4.78, 5) is 0.0636. The van der Waals surface area contributed by atoms with E-state index in [0.717, 1.165) is 5.48 Å². The van der Waals surface area contributed by atoms with Crippen molar-refractivity contribution in [2.75, 3.05) is 0 Å². The molecule has 0 aliphatic carbocycles. The van der Waals surface area contributed by atoms with Crippen LogP contribution in [0.1, 0.15) is 0 Å². The van der Waals surface area contributed by atoms with Crippen LogP contribution >= 0.6 is 0 Å². The molecule has 0 radical (unpaired) electrons. The Hall–Kier alpha value is -1.47. The molecule has 0 fully saturated rings. The standard InChI is InChI=1S/C10H10N2O3S/c11-16(14,15)10-6-2-3-7-8(10)4-1-5-9(7)12-13/h1-6,12-13H,(H2,11,14,15)/p+1. The minimum absolute atomic E-state index is 0.0636. The van der Waals surface area contributed by atoms with Crippen molar-refractivity contribution in [2.45, 2.75) is 4.90 Å². The summed E-state index contributed by atoms with van der Waals surface area (Å²) in [6.07, 6.45) is 0. The second-order valence-electron chi connectivity index (χ2n) is 3.37. The highest BCUT2D eigenvalue weighted by Gasteiger charge is 2.14. The molecule has 5 nitrogen and oxygen atoms in total. The zero-order chi connectivity index (χ0) is 11.8. The molecule has 0 spiro atoms. The molecule has 0 saturated heterocycles. The molecule has 2 aromatic rings. The number of primary sulfonamides is 1. The lowest BCUT2D eigenvalue weighted by atomic mass is 10.1. The molecular weight excluding hydrogens is 228 g/mol. The molecule has 2 rings (SSSR count). The van der Waals surface area contributed by atoms with Crippen LogP contribution in [-0.2, 0) is 10.0 Å². The van der Waals surface area contributed by atoms with Crippen LogP contribution < -0.4 is 10.6 Å². The van der Waals surface area contributed by atoms with Crippen molar-refractivity contribution in [3.8, 4) is 0 Å². The zero-order valence-electron chi connectivity index (χ0n) is 8.29. The highest BCUT2D eigenvalue weighted by atomic mass is 32.2. The van der Waals surface area contributed by atoms with E-state index in [1.165, 1.54) is 6.07 Å². The Kier molecular flexibility index (Phi) is 2.64. The topological polar surface area (TPSA) is 97.0 Å². The van der Waals surface area contributed by atoms with Crippen LogP contribution in [0.4, 0.5) is 5.69 Å². The van der Waals surface area contributed by atoms with Gasteiger partial charge in [-0.3, -0.25) is 0 Å². The fourth-order valence-electron chi connectivity index (χ4n) is 1.67. The van der Waals surface area contributed by atoms with E-state index < -0.39 is 10.0 Å². The summed E-state index contributed by atoms with van der Waals surface area (Å²) < 4.78 is 22.7. The molecule has 0 aliphatic rings. The predicted molar refractivity (Wildman–Crippen MR) is 58.7 cm³/mol. The SMILES string of the molecule is NS(=O)(=O)c1cccc2c([NH2+]O)cccc12. The molecule has 6 heteroatoms. The van der Waals surface area contributed by atoms with Gasteiger partial charge < -0.3 is 0 Å². The monoisotopic (exact) mass is 239 g/mol. The summed E-state index contributed by atoms with van der Waals surface area (Å²) in [6, 6.07) is 9.77. The van der Waals surface area contributed by atoms with Gasteiger partial charge >= 0.3 is 0 Å².